The molecule has 2 rings (SSSR count). The number of hydrogen-bond donors (Lipinski definition) is 1. The summed E-state index contributed by atoms with van der Waals surface area (Å²) in [7, 11) is 0. The maximum absolute atomic E-state index is 12.4. The fraction of sp³-hybridized carbons (Fsp3) is 0.429. The van der Waals surface area contributed by atoms with Crippen LogP contribution in [-0.4, -0.2) is 19.1 Å². The zero-order valence-electron chi connectivity index (χ0n) is 11.0. The second-order valence-electron chi connectivity index (χ2n) is 4.84. The Morgan fingerprint density at radius 3 is 2.29 bits per heavy atom. The van der Waals surface area contributed by atoms with E-state index < -0.39 is 23.1 Å². The van der Waals surface area contributed by atoms with Crippen molar-refractivity contribution in [2.45, 2.75) is 19.0 Å². The zero-order valence-corrected chi connectivity index (χ0v) is 11.0. The van der Waals surface area contributed by atoms with E-state index in [1.165, 1.54) is 12.1 Å². The summed E-state index contributed by atoms with van der Waals surface area (Å²) in [5, 5.41) is 11.7. The van der Waals surface area contributed by atoms with Gasteiger partial charge >= 0.3 is 6.18 Å². The van der Waals surface area contributed by atoms with E-state index >= 15 is 0 Å². The van der Waals surface area contributed by atoms with Gasteiger partial charge < -0.3 is 10.1 Å². The van der Waals surface area contributed by atoms with E-state index in [0.717, 1.165) is 12.1 Å². The standard InChI is InChI=1S/C14H13F3N2O2/c15-14(16,17)10-1-3-11(4-2-10)19-12(20)13(9-18)5-7-21-8-6-13/h1-4H,5-8H2,(H,19,20). The van der Waals surface area contributed by atoms with E-state index in [1.54, 1.807) is 0 Å². The number of halogens is 3. The summed E-state index contributed by atoms with van der Waals surface area (Å²) >= 11 is 0. The Kier molecular flexibility index (Phi) is 4.19. The number of alkyl halides is 3. The Labute approximate surface area is 119 Å². The highest BCUT2D eigenvalue weighted by Gasteiger charge is 2.40. The predicted octanol–water partition coefficient (Wildman–Crippen LogP) is 2.96. The monoisotopic (exact) mass is 298 g/mol. The van der Waals surface area contributed by atoms with Crippen molar-refractivity contribution >= 4 is 11.6 Å². The van der Waals surface area contributed by atoms with Gasteiger partial charge in [0.25, 0.3) is 0 Å². The topological polar surface area (TPSA) is 62.1 Å². The molecule has 1 heterocycles. The molecule has 1 N–H and O–H groups in total. The molecule has 4 nitrogen and oxygen atoms in total. The van der Waals surface area contributed by atoms with Gasteiger partial charge in [-0.2, -0.15) is 18.4 Å². The van der Waals surface area contributed by atoms with Crippen LogP contribution in [0, 0.1) is 16.7 Å². The second-order valence-corrected chi connectivity index (χ2v) is 4.84. The van der Waals surface area contributed by atoms with Crippen molar-refractivity contribution in [1.82, 2.24) is 0 Å². The summed E-state index contributed by atoms with van der Waals surface area (Å²) in [4.78, 5) is 12.2. The van der Waals surface area contributed by atoms with Crippen LogP contribution in [0.5, 0.6) is 0 Å². The van der Waals surface area contributed by atoms with Crippen LogP contribution in [0.4, 0.5) is 18.9 Å². The van der Waals surface area contributed by atoms with E-state index in [4.69, 9.17) is 4.74 Å². The quantitative estimate of drug-likeness (QED) is 0.913. The molecular formula is C14H13F3N2O2. The normalized spacial score (nSPS) is 17.8. The first-order valence-electron chi connectivity index (χ1n) is 6.35. The van der Waals surface area contributed by atoms with Crippen LogP contribution < -0.4 is 5.32 Å². The van der Waals surface area contributed by atoms with Gasteiger partial charge in [-0.05, 0) is 37.1 Å². The van der Waals surface area contributed by atoms with E-state index in [2.05, 4.69) is 5.32 Å². The Bertz CT molecular complexity index is 555. The van der Waals surface area contributed by atoms with E-state index in [0.29, 0.717) is 13.2 Å². The first-order chi connectivity index (χ1) is 9.87. The molecule has 112 valence electrons. The second kappa shape index (κ2) is 5.74. The number of anilines is 1. The SMILES string of the molecule is N#CC1(C(=O)Nc2ccc(C(F)(F)F)cc2)CCOCC1. The molecule has 1 aromatic carbocycles. The number of nitriles is 1. The van der Waals surface area contributed by atoms with Crippen LogP contribution in [-0.2, 0) is 15.7 Å². The number of hydrogen-bond acceptors (Lipinski definition) is 3. The molecule has 0 unspecified atom stereocenters. The van der Waals surface area contributed by atoms with Crippen LogP contribution in [0.15, 0.2) is 24.3 Å². The van der Waals surface area contributed by atoms with E-state index in [1.807, 2.05) is 6.07 Å². The summed E-state index contributed by atoms with van der Waals surface area (Å²) < 4.78 is 42.5. The lowest BCUT2D eigenvalue weighted by atomic mass is 9.81. The van der Waals surface area contributed by atoms with Gasteiger partial charge in [0.05, 0.1) is 11.6 Å². The molecule has 0 atom stereocenters. The number of carbonyl (C=O) groups is 1. The lowest BCUT2D eigenvalue weighted by Crippen LogP contribution is -2.39. The van der Waals surface area contributed by atoms with E-state index in [-0.39, 0.29) is 18.5 Å². The van der Waals surface area contributed by atoms with Gasteiger partial charge in [0.2, 0.25) is 5.91 Å². The number of amides is 1. The van der Waals surface area contributed by atoms with Crippen LogP contribution >= 0.6 is 0 Å². The average Bonchev–Trinajstić information content (AvgIpc) is 2.47. The highest BCUT2D eigenvalue weighted by atomic mass is 19.4. The van der Waals surface area contributed by atoms with Crippen LogP contribution in [0.1, 0.15) is 18.4 Å². The first kappa shape index (κ1) is 15.3. The van der Waals surface area contributed by atoms with Crippen LogP contribution in [0.3, 0.4) is 0 Å². The smallest absolute Gasteiger partial charge is 0.381 e. The molecule has 7 heteroatoms. The predicted molar refractivity (Wildman–Crippen MR) is 68.2 cm³/mol. The van der Waals surface area contributed by atoms with Crippen LogP contribution in [0.2, 0.25) is 0 Å². The first-order valence-corrected chi connectivity index (χ1v) is 6.35. The maximum atomic E-state index is 12.4. The largest absolute Gasteiger partial charge is 0.416 e. The Hall–Kier alpha value is -2.07. The lowest BCUT2D eigenvalue weighted by Gasteiger charge is -2.29. The van der Waals surface area contributed by atoms with Gasteiger partial charge in [0.15, 0.2) is 0 Å². The summed E-state index contributed by atoms with van der Waals surface area (Å²) in [6.45, 7) is 0.627. The number of nitrogens with zero attached hydrogens (tertiary/aromatic N) is 1. The summed E-state index contributed by atoms with van der Waals surface area (Å²) in [5.74, 6) is -0.506. The molecule has 1 saturated heterocycles. The molecule has 0 aromatic heterocycles. The number of benzene rings is 1. The van der Waals surface area contributed by atoms with Crippen molar-refractivity contribution in [3.63, 3.8) is 0 Å². The van der Waals surface area contributed by atoms with Crippen molar-refractivity contribution in [2.24, 2.45) is 5.41 Å². The average molecular weight is 298 g/mol. The van der Waals surface area contributed by atoms with Crippen molar-refractivity contribution < 1.29 is 22.7 Å². The molecule has 1 aliphatic heterocycles. The molecular weight excluding hydrogens is 285 g/mol. The number of nitrogens with one attached hydrogen (secondary N) is 1. The van der Waals surface area contributed by atoms with Gasteiger partial charge in [-0.3, -0.25) is 4.79 Å². The Morgan fingerprint density at radius 2 is 1.81 bits per heavy atom. The van der Waals surface area contributed by atoms with Gasteiger partial charge in [0, 0.05) is 18.9 Å². The molecule has 0 bridgehead atoms. The van der Waals surface area contributed by atoms with Gasteiger partial charge in [-0.25, -0.2) is 0 Å². The molecule has 1 fully saturated rings. The van der Waals surface area contributed by atoms with Gasteiger partial charge in [-0.1, -0.05) is 0 Å². The van der Waals surface area contributed by atoms with Crippen molar-refractivity contribution in [3.05, 3.63) is 29.8 Å². The minimum atomic E-state index is -4.42. The van der Waals surface area contributed by atoms with Crippen molar-refractivity contribution in [3.8, 4) is 6.07 Å². The summed E-state index contributed by atoms with van der Waals surface area (Å²) in [6.07, 6.45) is -3.87. The molecule has 1 aliphatic rings. The molecule has 0 spiro atoms. The molecule has 0 saturated carbocycles. The summed E-state index contributed by atoms with van der Waals surface area (Å²) in [5.41, 5.74) is -1.74. The maximum Gasteiger partial charge on any atom is 0.416 e. The number of ether oxygens (including phenoxy) is 1. The van der Waals surface area contributed by atoms with Crippen LogP contribution in [0.25, 0.3) is 0 Å². The fourth-order valence-electron chi connectivity index (χ4n) is 2.10. The molecule has 0 radical (unpaired) electrons. The minimum Gasteiger partial charge on any atom is -0.381 e. The summed E-state index contributed by atoms with van der Waals surface area (Å²) in [6, 6.07) is 6.12. The molecule has 1 amide bonds. The Balaban J connectivity index is 2.11. The van der Waals surface area contributed by atoms with Gasteiger partial charge in [0.1, 0.15) is 5.41 Å². The van der Waals surface area contributed by atoms with Crippen molar-refractivity contribution in [2.75, 3.05) is 18.5 Å². The van der Waals surface area contributed by atoms with Crippen molar-refractivity contribution in [1.29, 1.82) is 5.26 Å². The zero-order chi connectivity index (χ0) is 15.5. The number of carbonyl (C=O) groups excluding carboxylic acids is 1. The third kappa shape index (κ3) is 3.34. The Morgan fingerprint density at radius 1 is 1.24 bits per heavy atom. The van der Waals surface area contributed by atoms with Gasteiger partial charge in [-0.15, -0.1) is 0 Å². The van der Waals surface area contributed by atoms with E-state index in [9.17, 15) is 23.2 Å². The highest BCUT2D eigenvalue weighted by molar-refractivity contribution is 5.97. The minimum absolute atomic E-state index is 0.231. The lowest BCUT2D eigenvalue weighted by molar-refractivity contribution is -0.137. The molecule has 21 heavy (non-hydrogen) atoms. The number of rotatable bonds is 2. The molecule has 1 aromatic rings. The molecule has 0 aliphatic carbocycles. The third-order valence-electron chi connectivity index (χ3n) is 3.47. The fourth-order valence-corrected chi connectivity index (χ4v) is 2.10. The highest BCUT2D eigenvalue weighted by Crippen LogP contribution is 2.32. The third-order valence-corrected chi connectivity index (χ3v) is 3.47.